The number of halogens is 1. The summed E-state index contributed by atoms with van der Waals surface area (Å²) < 4.78 is 19.1. The fraction of sp³-hybridized carbons (Fsp3) is 0.600. The number of hydrogen-bond donors (Lipinski definition) is 1. The van der Waals surface area contributed by atoms with Gasteiger partial charge in [-0.1, -0.05) is 13.0 Å². The third kappa shape index (κ3) is 3.91. The highest BCUT2D eigenvalue weighted by atomic mass is 19.1. The first-order chi connectivity index (χ1) is 9.02. The third-order valence-corrected chi connectivity index (χ3v) is 3.42. The van der Waals surface area contributed by atoms with E-state index in [0.717, 1.165) is 12.1 Å². The van der Waals surface area contributed by atoms with Crippen LogP contribution in [0.4, 0.5) is 10.1 Å². The fourth-order valence-corrected chi connectivity index (χ4v) is 2.18. The molecule has 1 aromatic rings. The highest BCUT2D eigenvalue weighted by Gasteiger charge is 2.21. The molecule has 0 radical (unpaired) electrons. The Kier molecular flexibility index (Phi) is 6.25. The van der Waals surface area contributed by atoms with Crippen molar-refractivity contribution in [3.8, 4) is 0 Å². The Bertz CT molecular complexity index is 396. The maximum Gasteiger partial charge on any atom is 0.131 e. The lowest BCUT2D eigenvalue weighted by atomic mass is 10.0. The second-order valence-electron chi connectivity index (χ2n) is 4.79. The molecule has 4 heteroatoms. The summed E-state index contributed by atoms with van der Waals surface area (Å²) in [6.07, 6.45) is 0.116. The molecule has 1 rings (SSSR count). The SMILES string of the molecule is CCC(C)N(CCOC)c1cccc(F)c1[C@@H](C)O. The molecule has 0 bridgehead atoms. The van der Waals surface area contributed by atoms with Crippen LogP contribution in [0, 0.1) is 5.82 Å². The van der Waals surface area contributed by atoms with Gasteiger partial charge in [0.25, 0.3) is 0 Å². The molecule has 1 unspecified atom stereocenters. The molecule has 1 N–H and O–H groups in total. The summed E-state index contributed by atoms with van der Waals surface area (Å²) in [5.74, 6) is -0.363. The van der Waals surface area contributed by atoms with Gasteiger partial charge in [0.05, 0.1) is 12.7 Å². The van der Waals surface area contributed by atoms with Crippen molar-refractivity contribution < 1.29 is 14.2 Å². The molecule has 0 spiro atoms. The number of nitrogens with zero attached hydrogens (tertiary/aromatic N) is 1. The van der Waals surface area contributed by atoms with E-state index in [1.807, 2.05) is 6.07 Å². The van der Waals surface area contributed by atoms with Crippen LogP contribution in [0.25, 0.3) is 0 Å². The molecule has 0 fully saturated rings. The van der Waals surface area contributed by atoms with Gasteiger partial charge in [-0.25, -0.2) is 4.39 Å². The second kappa shape index (κ2) is 7.46. The molecule has 3 nitrogen and oxygen atoms in total. The predicted molar refractivity (Wildman–Crippen MR) is 76.0 cm³/mol. The molecule has 0 saturated heterocycles. The Balaban J connectivity index is 3.17. The minimum absolute atomic E-state index is 0.259. The quantitative estimate of drug-likeness (QED) is 0.825. The number of ether oxygens (including phenoxy) is 1. The van der Waals surface area contributed by atoms with Crippen molar-refractivity contribution in [2.24, 2.45) is 0 Å². The Morgan fingerprint density at radius 2 is 2.05 bits per heavy atom. The maximum atomic E-state index is 13.9. The second-order valence-corrected chi connectivity index (χ2v) is 4.79. The van der Waals surface area contributed by atoms with E-state index in [0.29, 0.717) is 18.7 Å². The number of hydrogen-bond acceptors (Lipinski definition) is 3. The van der Waals surface area contributed by atoms with Gasteiger partial charge in [0.1, 0.15) is 5.82 Å². The summed E-state index contributed by atoms with van der Waals surface area (Å²) in [7, 11) is 1.65. The van der Waals surface area contributed by atoms with Crippen LogP contribution in [-0.4, -0.2) is 31.4 Å². The number of aliphatic hydroxyl groups is 1. The van der Waals surface area contributed by atoms with Crippen molar-refractivity contribution in [1.29, 1.82) is 0 Å². The van der Waals surface area contributed by atoms with E-state index in [9.17, 15) is 9.50 Å². The standard InChI is InChI=1S/C15H24FNO2/c1-5-11(2)17(9-10-19-4)14-8-6-7-13(16)15(14)12(3)18/h6-8,11-12,18H,5,9-10H2,1-4H3/t11?,12-/m1/s1. The van der Waals surface area contributed by atoms with E-state index in [4.69, 9.17) is 4.74 Å². The molecule has 0 aliphatic carbocycles. The minimum Gasteiger partial charge on any atom is -0.389 e. The summed E-state index contributed by atoms with van der Waals surface area (Å²) in [6, 6.07) is 5.18. The molecule has 108 valence electrons. The van der Waals surface area contributed by atoms with Gasteiger partial charge in [0, 0.05) is 30.9 Å². The smallest absolute Gasteiger partial charge is 0.131 e. The zero-order valence-electron chi connectivity index (χ0n) is 12.2. The summed E-state index contributed by atoms with van der Waals surface area (Å²) in [5.41, 5.74) is 1.11. The maximum absolute atomic E-state index is 13.9. The first-order valence-corrected chi connectivity index (χ1v) is 6.74. The molecule has 0 amide bonds. The van der Waals surface area contributed by atoms with Crippen LogP contribution in [0.1, 0.15) is 38.9 Å². The average Bonchev–Trinajstić information content (AvgIpc) is 2.38. The minimum atomic E-state index is -0.828. The van der Waals surface area contributed by atoms with E-state index in [1.54, 1.807) is 20.1 Å². The number of benzene rings is 1. The van der Waals surface area contributed by atoms with Gasteiger partial charge in [0.15, 0.2) is 0 Å². The molecule has 19 heavy (non-hydrogen) atoms. The van der Waals surface area contributed by atoms with Gasteiger partial charge in [-0.15, -0.1) is 0 Å². The zero-order valence-corrected chi connectivity index (χ0v) is 12.2. The lowest BCUT2D eigenvalue weighted by Gasteiger charge is -2.33. The van der Waals surface area contributed by atoms with Crippen LogP contribution >= 0.6 is 0 Å². The Labute approximate surface area is 115 Å². The number of methoxy groups -OCH3 is 1. The van der Waals surface area contributed by atoms with Crippen molar-refractivity contribution in [2.75, 3.05) is 25.2 Å². The number of anilines is 1. The topological polar surface area (TPSA) is 32.7 Å². The number of aliphatic hydroxyl groups excluding tert-OH is 1. The molecule has 0 aromatic heterocycles. The highest BCUT2D eigenvalue weighted by molar-refractivity contribution is 5.56. The zero-order chi connectivity index (χ0) is 14.4. The third-order valence-electron chi connectivity index (χ3n) is 3.42. The van der Waals surface area contributed by atoms with Gasteiger partial charge in [0.2, 0.25) is 0 Å². The van der Waals surface area contributed by atoms with E-state index in [-0.39, 0.29) is 11.9 Å². The largest absolute Gasteiger partial charge is 0.389 e. The fourth-order valence-electron chi connectivity index (χ4n) is 2.18. The van der Waals surface area contributed by atoms with Gasteiger partial charge in [-0.3, -0.25) is 0 Å². The van der Waals surface area contributed by atoms with Crippen LogP contribution in [0.5, 0.6) is 0 Å². The summed E-state index contributed by atoms with van der Waals surface area (Å²) in [4.78, 5) is 2.09. The predicted octanol–water partition coefficient (Wildman–Crippen LogP) is 3.13. The van der Waals surface area contributed by atoms with Gasteiger partial charge in [-0.05, 0) is 32.4 Å². The van der Waals surface area contributed by atoms with Gasteiger partial charge >= 0.3 is 0 Å². The van der Waals surface area contributed by atoms with Crippen molar-refractivity contribution in [3.05, 3.63) is 29.6 Å². The summed E-state index contributed by atoms with van der Waals surface area (Å²) >= 11 is 0. The van der Waals surface area contributed by atoms with E-state index in [1.165, 1.54) is 6.07 Å². The first-order valence-electron chi connectivity index (χ1n) is 6.74. The van der Waals surface area contributed by atoms with Crippen molar-refractivity contribution >= 4 is 5.69 Å². The van der Waals surface area contributed by atoms with Crippen molar-refractivity contribution in [3.63, 3.8) is 0 Å². The molecule has 1 aromatic carbocycles. The van der Waals surface area contributed by atoms with Crippen LogP contribution in [0.3, 0.4) is 0 Å². The van der Waals surface area contributed by atoms with Crippen molar-refractivity contribution in [1.82, 2.24) is 0 Å². The molecule has 0 heterocycles. The van der Waals surface area contributed by atoms with Gasteiger partial charge < -0.3 is 14.7 Å². The molecule has 0 aliphatic rings. The van der Waals surface area contributed by atoms with Crippen molar-refractivity contribution in [2.45, 2.75) is 39.3 Å². The lowest BCUT2D eigenvalue weighted by molar-refractivity contribution is 0.192. The van der Waals surface area contributed by atoms with E-state index in [2.05, 4.69) is 18.7 Å². The monoisotopic (exact) mass is 269 g/mol. The molecule has 2 atom stereocenters. The van der Waals surface area contributed by atoms with E-state index < -0.39 is 6.10 Å². The van der Waals surface area contributed by atoms with Crippen LogP contribution in [0.2, 0.25) is 0 Å². The van der Waals surface area contributed by atoms with Gasteiger partial charge in [-0.2, -0.15) is 0 Å². The van der Waals surface area contributed by atoms with E-state index >= 15 is 0 Å². The first kappa shape index (κ1) is 15.9. The Morgan fingerprint density at radius 3 is 2.58 bits per heavy atom. The normalized spacial score (nSPS) is 14.2. The molecular formula is C15H24FNO2. The molecule has 0 saturated carbocycles. The Hall–Kier alpha value is -1.13. The Morgan fingerprint density at radius 1 is 1.37 bits per heavy atom. The lowest BCUT2D eigenvalue weighted by Crippen LogP contribution is -2.36. The van der Waals surface area contributed by atoms with Crippen LogP contribution < -0.4 is 4.90 Å². The number of rotatable bonds is 7. The molecular weight excluding hydrogens is 245 g/mol. The van der Waals surface area contributed by atoms with Crippen LogP contribution in [-0.2, 0) is 4.74 Å². The summed E-state index contributed by atoms with van der Waals surface area (Å²) in [6.45, 7) is 7.01. The highest BCUT2D eigenvalue weighted by Crippen LogP contribution is 2.30. The van der Waals surface area contributed by atoms with Crippen LogP contribution in [0.15, 0.2) is 18.2 Å². The average molecular weight is 269 g/mol. The molecule has 0 aliphatic heterocycles. The summed E-state index contributed by atoms with van der Waals surface area (Å²) in [5, 5.41) is 9.82.